The average Bonchev–Trinajstić information content (AvgIpc) is 1.69. The minimum Gasteiger partial charge on any atom is -0.221 e. The topological polar surface area (TPSA) is 0 Å². The first-order valence-electron chi connectivity index (χ1n) is 2.41. The van der Waals surface area contributed by atoms with Gasteiger partial charge in [-0.3, -0.25) is 0 Å². The lowest BCUT2D eigenvalue weighted by atomic mass is 9.70. The van der Waals surface area contributed by atoms with E-state index in [9.17, 15) is 0 Å². The number of rotatable bonds is 0. The SMILES string of the molecule is SB1C=CC=CC1. The Morgan fingerprint density at radius 2 is 2.29 bits per heavy atom. The zero-order valence-corrected chi connectivity index (χ0v) is 4.94. The summed E-state index contributed by atoms with van der Waals surface area (Å²) in [5.41, 5.74) is 0. The lowest BCUT2D eigenvalue weighted by Crippen LogP contribution is -1.97. The van der Waals surface area contributed by atoms with Crippen LogP contribution in [0.3, 0.4) is 0 Å². The van der Waals surface area contributed by atoms with Crippen LogP contribution in [0.4, 0.5) is 0 Å². The normalized spacial score (nSPS) is 18.1. The lowest BCUT2D eigenvalue weighted by molar-refractivity contribution is 1.65. The van der Waals surface area contributed by atoms with Crippen LogP contribution in [-0.2, 0) is 0 Å². The number of hydrogen-bond acceptors (Lipinski definition) is 1. The third-order valence-electron chi connectivity index (χ3n) is 0.958. The minimum absolute atomic E-state index is 0.463. The van der Waals surface area contributed by atoms with E-state index in [0.29, 0.717) is 5.99 Å². The van der Waals surface area contributed by atoms with Gasteiger partial charge in [0, 0.05) is 0 Å². The maximum Gasteiger partial charge on any atom is 0.234 e. The Bertz CT molecular complexity index is 107. The van der Waals surface area contributed by atoms with E-state index in [-0.39, 0.29) is 0 Å². The molecule has 0 aromatic heterocycles. The molecule has 0 radical (unpaired) electrons. The lowest BCUT2D eigenvalue weighted by Gasteiger charge is -1.96. The van der Waals surface area contributed by atoms with Gasteiger partial charge in [0.05, 0.1) is 0 Å². The highest BCUT2D eigenvalue weighted by molar-refractivity contribution is 8.11. The van der Waals surface area contributed by atoms with Crippen molar-refractivity contribution in [3.05, 3.63) is 24.2 Å². The summed E-state index contributed by atoms with van der Waals surface area (Å²) in [5, 5.41) is 0. The van der Waals surface area contributed by atoms with E-state index in [2.05, 4.69) is 24.5 Å². The number of thiol groups is 1. The van der Waals surface area contributed by atoms with Crippen molar-refractivity contribution in [3.63, 3.8) is 0 Å². The molecule has 0 fully saturated rings. The predicted molar refractivity (Wildman–Crippen MR) is 37.8 cm³/mol. The third kappa shape index (κ3) is 1.43. The standard InChI is InChI=1S/C5H7BS/c7-6-4-2-1-3-5-6/h1-4,7H,5H2. The summed E-state index contributed by atoms with van der Waals surface area (Å²) in [4.78, 5) is 0. The van der Waals surface area contributed by atoms with Gasteiger partial charge >= 0.3 is 0 Å². The van der Waals surface area contributed by atoms with Crippen LogP contribution in [-0.4, -0.2) is 5.99 Å². The monoisotopic (exact) mass is 110 g/mol. The molecule has 0 saturated heterocycles. The van der Waals surface area contributed by atoms with Crippen molar-refractivity contribution < 1.29 is 0 Å². The molecule has 0 atom stereocenters. The summed E-state index contributed by atoms with van der Waals surface area (Å²) in [5.74, 6) is 2.55. The second-order valence-electron chi connectivity index (χ2n) is 1.62. The fourth-order valence-electron chi connectivity index (χ4n) is 0.568. The fraction of sp³-hybridized carbons (Fsp3) is 0.200. The Balaban J connectivity index is 2.49. The molecule has 2 heteroatoms. The van der Waals surface area contributed by atoms with Gasteiger partial charge in [0.15, 0.2) is 0 Å². The second kappa shape index (κ2) is 2.27. The van der Waals surface area contributed by atoms with Crippen LogP contribution in [0.25, 0.3) is 0 Å². The second-order valence-corrected chi connectivity index (χ2v) is 2.28. The summed E-state index contributed by atoms with van der Waals surface area (Å²) in [6, 6.07) is 0. The summed E-state index contributed by atoms with van der Waals surface area (Å²) in [7, 11) is 0. The maximum absolute atomic E-state index is 4.22. The molecule has 0 N–H and O–H groups in total. The first-order valence-corrected chi connectivity index (χ1v) is 2.92. The van der Waals surface area contributed by atoms with Crippen LogP contribution >= 0.6 is 12.5 Å². The Labute approximate surface area is 49.7 Å². The molecule has 0 aromatic carbocycles. The van der Waals surface area contributed by atoms with Crippen LogP contribution in [0.15, 0.2) is 24.2 Å². The van der Waals surface area contributed by atoms with Gasteiger partial charge in [0.2, 0.25) is 5.99 Å². The molecule has 0 aliphatic carbocycles. The van der Waals surface area contributed by atoms with E-state index in [1.807, 2.05) is 12.2 Å². The van der Waals surface area contributed by atoms with Crippen molar-refractivity contribution in [1.29, 1.82) is 0 Å². The average molecular weight is 110 g/mol. The van der Waals surface area contributed by atoms with Crippen LogP contribution in [0, 0.1) is 0 Å². The van der Waals surface area contributed by atoms with Crippen molar-refractivity contribution in [2.75, 3.05) is 0 Å². The van der Waals surface area contributed by atoms with Crippen LogP contribution in [0.5, 0.6) is 0 Å². The van der Waals surface area contributed by atoms with E-state index in [1.54, 1.807) is 0 Å². The number of hydrogen-bond donors (Lipinski definition) is 1. The molecule has 1 heterocycles. The summed E-state index contributed by atoms with van der Waals surface area (Å²) >= 11 is 4.22. The number of allylic oxidation sites excluding steroid dienone is 3. The highest BCUT2D eigenvalue weighted by Crippen LogP contribution is 2.04. The summed E-state index contributed by atoms with van der Waals surface area (Å²) < 4.78 is 0. The van der Waals surface area contributed by atoms with Crippen molar-refractivity contribution in [2.24, 2.45) is 0 Å². The van der Waals surface area contributed by atoms with E-state index >= 15 is 0 Å². The van der Waals surface area contributed by atoms with Crippen molar-refractivity contribution in [2.45, 2.75) is 6.32 Å². The molecule has 0 saturated carbocycles. The molecule has 1 rings (SSSR count). The van der Waals surface area contributed by atoms with Gasteiger partial charge in [-0.05, 0) is 6.32 Å². The molecule has 1 aliphatic heterocycles. The van der Waals surface area contributed by atoms with Gasteiger partial charge in [-0.1, -0.05) is 18.2 Å². The first-order chi connectivity index (χ1) is 3.39. The molecular weight excluding hydrogens is 103 g/mol. The smallest absolute Gasteiger partial charge is 0.221 e. The van der Waals surface area contributed by atoms with Crippen LogP contribution in [0.1, 0.15) is 0 Å². The quantitative estimate of drug-likeness (QED) is 0.355. The Kier molecular flexibility index (Phi) is 1.63. The van der Waals surface area contributed by atoms with E-state index in [1.165, 1.54) is 0 Å². The molecule has 0 nitrogen and oxygen atoms in total. The molecule has 36 valence electrons. The summed E-state index contributed by atoms with van der Waals surface area (Å²) in [6.45, 7) is 0. The molecule has 0 bridgehead atoms. The molecule has 0 aromatic rings. The Morgan fingerprint density at radius 1 is 1.43 bits per heavy atom. The van der Waals surface area contributed by atoms with E-state index < -0.39 is 0 Å². The molecule has 7 heavy (non-hydrogen) atoms. The zero-order valence-electron chi connectivity index (χ0n) is 4.04. The van der Waals surface area contributed by atoms with Gasteiger partial charge in [0.1, 0.15) is 0 Å². The fourth-order valence-corrected chi connectivity index (χ4v) is 0.789. The van der Waals surface area contributed by atoms with Crippen LogP contribution in [0.2, 0.25) is 6.32 Å². The minimum atomic E-state index is 0.463. The van der Waals surface area contributed by atoms with Gasteiger partial charge in [-0.15, -0.1) is 5.98 Å². The summed E-state index contributed by atoms with van der Waals surface area (Å²) in [6.07, 6.45) is 7.28. The van der Waals surface area contributed by atoms with Gasteiger partial charge in [0.25, 0.3) is 0 Å². The van der Waals surface area contributed by atoms with E-state index in [0.717, 1.165) is 6.32 Å². The van der Waals surface area contributed by atoms with Crippen molar-refractivity contribution in [3.8, 4) is 0 Å². The third-order valence-corrected chi connectivity index (χ3v) is 1.34. The van der Waals surface area contributed by atoms with Gasteiger partial charge < -0.3 is 0 Å². The molecule has 0 amide bonds. The van der Waals surface area contributed by atoms with E-state index in [4.69, 9.17) is 0 Å². The Morgan fingerprint density at radius 3 is 2.57 bits per heavy atom. The van der Waals surface area contributed by atoms with Gasteiger partial charge in [-0.2, -0.15) is 0 Å². The molecule has 0 unspecified atom stereocenters. The predicted octanol–water partition coefficient (Wildman–Crippen LogP) is 1.57. The van der Waals surface area contributed by atoms with Crippen LogP contribution < -0.4 is 0 Å². The molecule has 1 aliphatic rings. The highest BCUT2D eigenvalue weighted by atomic mass is 32.1. The van der Waals surface area contributed by atoms with Gasteiger partial charge in [-0.25, -0.2) is 12.5 Å². The first kappa shape index (κ1) is 5.04. The Hall–Kier alpha value is -0.105. The van der Waals surface area contributed by atoms with Crippen molar-refractivity contribution in [1.82, 2.24) is 0 Å². The highest BCUT2D eigenvalue weighted by Gasteiger charge is 2.00. The van der Waals surface area contributed by atoms with Crippen molar-refractivity contribution >= 4 is 18.5 Å². The zero-order chi connectivity index (χ0) is 5.11. The molecule has 0 spiro atoms. The largest absolute Gasteiger partial charge is 0.234 e. The molecular formula is C5H7BS. The maximum atomic E-state index is 4.22.